The lowest BCUT2D eigenvalue weighted by atomic mass is 10.0. The maximum Gasteiger partial charge on any atom is 0.123 e. The molecular weight excluding hydrogens is 238 g/mol. The second-order valence-corrected chi connectivity index (χ2v) is 4.66. The second-order valence-electron chi connectivity index (χ2n) is 3.72. The van der Waals surface area contributed by atoms with E-state index in [0.29, 0.717) is 0 Å². The van der Waals surface area contributed by atoms with Crippen molar-refractivity contribution in [3.8, 4) is 0 Å². The Balaban J connectivity index is 2.33. The van der Waals surface area contributed by atoms with Crippen LogP contribution in [0.15, 0.2) is 48.5 Å². The number of benzene rings is 2. The zero-order valence-electron chi connectivity index (χ0n) is 9.36. The summed E-state index contributed by atoms with van der Waals surface area (Å²) in [5, 5.41) is 0.108. The summed E-state index contributed by atoms with van der Waals surface area (Å²) in [5.41, 5.74) is 2.04. The number of hydrogen-bond acceptors (Lipinski definition) is 1. The third-order valence-corrected chi connectivity index (χ3v) is 3.60. The first-order chi connectivity index (χ1) is 8.20. The Kier molecular flexibility index (Phi) is 3.79. The average molecular weight is 250 g/mol. The molecule has 2 aromatic carbocycles. The highest BCUT2D eigenvalue weighted by Crippen LogP contribution is 2.33. The van der Waals surface area contributed by atoms with Crippen molar-refractivity contribution < 1.29 is 8.78 Å². The van der Waals surface area contributed by atoms with Crippen LogP contribution in [-0.2, 0) is 0 Å². The van der Waals surface area contributed by atoms with Crippen LogP contribution in [0.1, 0.15) is 16.4 Å². The largest absolute Gasteiger partial charge is 0.207 e. The average Bonchev–Trinajstić information content (AvgIpc) is 2.35. The molecule has 0 saturated carbocycles. The number of halogens is 2. The first kappa shape index (κ1) is 12.1. The van der Waals surface area contributed by atoms with Gasteiger partial charge in [-0.25, -0.2) is 8.78 Å². The Labute approximate surface area is 104 Å². The van der Waals surface area contributed by atoms with Gasteiger partial charge in [-0.15, -0.1) is 0 Å². The van der Waals surface area contributed by atoms with Crippen molar-refractivity contribution in [1.29, 1.82) is 0 Å². The van der Waals surface area contributed by atoms with Gasteiger partial charge in [-0.3, -0.25) is 0 Å². The standard InChI is InChI=1S/C14H12F2S/c1-17-14(10-2-6-12(15)7-3-10)11-4-8-13(16)9-5-11/h2-9,14H,1H3. The summed E-state index contributed by atoms with van der Waals surface area (Å²) in [4.78, 5) is 0. The molecule has 17 heavy (non-hydrogen) atoms. The summed E-state index contributed by atoms with van der Waals surface area (Å²) < 4.78 is 25.7. The molecule has 0 nitrogen and oxygen atoms in total. The number of hydrogen-bond donors (Lipinski definition) is 0. The van der Waals surface area contributed by atoms with Gasteiger partial charge in [0.2, 0.25) is 0 Å². The van der Waals surface area contributed by atoms with Crippen LogP contribution in [0.5, 0.6) is 0 Å². The third-order valence-electron chi connectivity index (χ3n) is 2.58. The summed E-state index contributed by atoms with van der Waals surface area (Å²) in [5.74, 6) is -0.486. The topological polar surface area (TPSA) is 0 Å². The molecule has 0 aliphatic rings. The normalized spacial score (nSPS) is 10.8. The molecule has 0 aliphatic heterocycles. The molecular formula is C14H12F2S. The summed E-state index contributed by atoms with van der Waals surface area (Å²) in [6.45, 7) is 0. The van der Waals surface area contributed by atoms with Crippen LogP contribution >= 0.6 is 11.8 Å². The van der Waals surface area contributed by atoms with E-state index in [1.54, 1.807) is 36.0 Å². The Morgan fingerprint density at radius 1 is 0.765 bits per heavy atom. The highest BCUT2D eigenvalue weighted by Gasteiger charge is 2.12. The highest BCUT2D eigenvalue weighted by atomic mass is 32.2. The van der Waals surface area contributed by atoms with Crippen LogP contribution in [0.3, 0.4) is 0 Å². The van der Waals surface area contributed by atoms with Gasteiger partial charge in [-0.1, -0.05) is 24.3 Å². The SMILES string of the molecule is CSC(c1ccc(F)cc1)c1ccc(F)cc1. The molecule has 0 heterocycles. The molecule has 0 radical (unpaired) electrons. The molecule has 0 aliphatic carbocycles. The second kappa shape index (κ2) is 5.32. The zero-order chi connectivity index (χ0) is 12.3. The van der Waals surface area contributed by atoms with Crippen LogP contribution in [-0.4, -0.2) is 6.26 Å². The fourth-order valence-electron chi connectivity index (χ4n) is 1.74. The molecule has 2 aromatic rings. The van der Waals surface area contributed by atoms with Crippen molar-refractivity contribution in [2.24, 2.45) is 0 Å². The van der Waals surface area contributed by atoms with Gasteiger partial charge < -0.3 is 0 Å². The van der Waals surface area contributed by atoms with Gasteiger partial charge in [0.15, 0.2) is 0 Å². The lowest BCUT2D eigenvalue weighted by Crippen LogP contribution is -1.96. The Hall–Kier alpha value is -1.35. The minimum absolute atomic E-state index is 0.108. The molecule has 0 aromatic heterocycles. The quantitative estimate of drug-likeness (QED) is 0.777. The summed E-state index contributed by atoms with van der Waals surface area (Å²) in [7, 11) is 0. The summed E-state index contributed by atoms with van der Waals surface area (Å²) >= 11 is 1.64. The zero-order valence-corrected chi connectivity index (χ0v) is 10.2. The predicted molar refractivity (Wildman–Crippen MR) is 68.2 cm³/mol. The first-order valence-corrected chi connectivity index (χ1v) is 6.53. The van der Waals surface area contributed by atoms with Gasteiger partial charge in [-0.2, -0.15) is 11.8 Å². The molecule has 0 saturated heterocycles. The fraction of sp³-hybridized carbons (Fsp3) is 0.143. The van der Waals surface area contributed by atoms with Gasteiger partial charge in [0, 0.05) is 0 Å². The minimum Gasteiger partial charge on any atom is -0.207 e. The van der Waals surface area contributed by atoms with Crippen LogP contribution in [0, 0.1) is 11.6 Å². The Bertz CT molecular complexity index is 431. The molecule has 0 unspecified atom stereocenters. The molecule has 0 amide bonds. The lowest BCUT2D eigenvalue weighted by Gasteiger charge is -2.15. The van der Waals surface area contributed by atoms with Crippen molar-refractivity contribution in [1.82, 2.24) is 0 Å². The van der Waals surface area contributed by atoms with E-state index in [4.69, 9.17) is 0 Å². The molecule has 0 fully saturated rings. The molecule has 2 rings (SSSR count). The maximum absolute atomic E-state index is 12.9. The Morgan fingerprint density at radius 3 is 1.41 bits per heavy atom. The van der Waals surface area contributed by atoms with E-state index < -0.39 is 0 Å². The van der Waals surface area contributed by atoms with Crippen LogP contribution in [0.25, 0.3) is 0 Å². The van der Waals surface area contributed by atoms with Gasteiger partial charge in [0.05, 0.1) is 5.25 Å². The van der Waals surface area contributed by atoms with Crippen LogP contribution < -0.4 is 0 Å². The molecule has 0 N–H and O–H groups in total. The van der Waals surface area contributed by atoms with Crippen LogP contribution in [0.2, 0.25) is 0 Å². The van der Waals surface area contributed by atoms with Crippen molar-refractivity contribution >= 4 is 11.8 Å². The van der Waals surface area contributed by atoms with Gasteiger partial charge >= 0.3 is 0 Å². The van der Waals surface area contributed by atoms with Crippen molar-refractivity contribution in [2.75, 3.05) is 6.26 Å². The number of thioether (sulfide) groups is 1. The minimum atomic E-state index is -0.243. The molecule has 0 spiro atoms. The highest BCUT2D eigenvalue weighted by molar-refractivity contribution is 7.99. The smallest absolute Gasteiger partial charge is 0.123 e. The molecule has 0 bridgehead atoms. The van der Waals surface area contributed by atoms with E-state index in [2.05, 4.69) is 0 Å². The van der Waals surface area contributed by atoms with Crippen molar-refractivity contribution in [3.05, 3.63) is 71.3 Å². The Morgan fingerprint density at radius 2 is 1.12 bits per heavy atom. The third kappa shape index (κ3) is 2.86. The summed E-state index contributed by atoms with van der Waals surface area (Å²) in [6.07, 6.45) is 1.98. The van der Waals surface area contributed by atoms with Crippen LogP contribution in [0.4, 0.5) is 8.78 Å². The van der Waals surface area contributed by atoms with E-state index >= 15 is 0 Å². The fourth-order valence-corrected chi connectivity index (χ4v) is 2.60. The first-order valence-electron chi connectivity index (χ1n) is 5.24. The monoisotopic (exact) mass is 250 g/mol. The van der Waals surface area contributed by atoms with Crippen molar-refractivity contribution in [3.63, 3.8) is 0 Å². The van der Waals surface area contributed by atoms with E-state index in [-0.39, 0.29) is 16.9 Å². The van der Waals surface area contributed by atoms with E-state index in [1.165, 1.54) is 24.3 Å². The van der Waals surface area contributed by atoms with E-state index in [9.17, 15) is 8.78 Å². The van der Waals surface area contributed by atoms with Gasteiger partial charge in [0.1, 0.15) is 11.6 Å². The number of rotatable bonds is 3. The van der Waals surface area contributed by atoms with Gasteiger partial charge in [-0.05, 0) is 41.6 Å². The molecule has 88 valence electrons. The van der Waals surface area contributed by atoms with E-state index in [1.807, 2.05) is 6.26 Å². The molecule has 3 heteroatoms. The predicted octanol–water partition coefficient (Wildman–Crippen LogP) is 4.42. The van der Waals surface area contributed by atoms with Crippen molar-refractivity contribution in [2.45, 2.75) is 5.25 Å². The lowest BCUT2D eigenvalue weighted by molar-refractivity contribution is 0.626. The molecule has 0 atom stereocenters. The summed E-state index contributed by atoms with van der Waals surface area (Å²) in [6, 6.07) is 12.8. The van der Waals surface area contributed by atoms with Gasteiger partial charge in [0.25, 0.3) is 0 Å². The van der Waals surface area contributed by atoms with E-state index in [0.717, 1.165) is 11.1 Å². The maximum atomic E-state index is 12.9.